The zero-order valence-electron chi connectivity index (χ0n) is 21.4. The van der Waals surface area contributed by atoms with Gasteiger partial charge in [0, 0.05) is 24.2 Å². The summed E-state index contributed by atoms with van der Waals surface area (Å²) in [6.45, 7) is 1.78. The number of nitrogens with zero attached hydrogens (tertiary/aromatic N) is 4. The minimum absolute atomic E-state index is 0.0925. The fourth-order valence-electron chi connectivity index (χ4n) is 5.25. The maximum Gasteiger partial charge on any atom is 0.414 e. The van der Waals surface area contributed by atoms with E-state index in [0.717, 1.165) is 5.39 Å². The molecule has 1 aromatic carbocycles. The maximum absolute atomic E-state index is 13.5. The summed E-state index contributed by atoms with van der Waals surface area (Å²) < 4.78 is 32.9. The predicted octanol–water partition coefficient (Wildman–Crippen LogP) is 2.27. The highest BCUT2D eigenvalue weighted by Crippen LogP contribution is 2.33. The number of aromatic nitrogens is 2. The van der Waals surface area contributed by atoms with Gasteiger partial charge in [0.15, 0.2) is 5.78 Å². The van der Waals surface area contributed by atoms with Crippen molar-refractivity contribution >= 4 is 38.7 Å². The number of carbonyl (C=O) groups excluding carboxylic acids is 3. The van der Waals surface area contributed by atoms with Crippen LogP contribution in [0.4, 0.5) is 4.79 Å². The number of hydrogen-bond acceptors (Lipinski definition) is 8. The molecule has 5 rings (SSSR count). The van der Waals surface area contributed by atoms with Crippen molar-refractivity contribution in [2.45, 2.75) is 50.1 Å². The number of ketones is 1. The number of likely N-dealkylation sites (tertiary alicyclic amines) is 1. The van der Waals surface area contributed by atoms with Gasteiger partial charge >= 0.3 is 6.09 Å². The summed E-state index contributed by atoms with van der Waals surface area (Å²) in [5.74, 6) is -1.01. The van der Waals surface area contributed by atoms with Crippen LogP contribution in [0.25, 0.3) is 10.9 Å². The van der Waals surface area contributed by atoms with E-state index in [-0.39, 0.29) is 30.5 Å². The number of carbonyl (C=O) groups is 3. The average molecular weight is 552 g/mol. The summed E-state index contributed by atoms with van der Waals surface area (Å²) >= 11 is 0. The number of amides is 2. The van der Waals surface area contributed by atoms with E-state index in [1.54, 1.807) is 36.4 Å². The standard InChI is InChI=1S/C27H29N5O6S/c1-2-7-21(30-27(35)38-24-12-11-18-8-3-4-10-20(18)29-24)26(34)31-15-13-22-25(31)23(33)16-32(22)39(36,37)17-19-9-5-6-14-28-19/h3-6,8-12,14,21-22,25H,2,7,13,15-17H2,1H3,(H,30,35). The van der Waals surface area contributed by atoms with E-state index >= 15 is 0 Å². The number of pyridine rings is 2. The molecule has 2 aromatic heterocycles. The molecule has 2 fully saturated rings. The fourth-order valence-corrected chi connectivity index (χ4v) is 6.92. The zero-order valence-corrected chi connectivity index (χ0v) is 22.2. The lowest BCUT2D eigenvalue weighted by Gasteiger charge is -2.28. The van der Waals surface area contributed by atoms with Gasteiger partial charge in [-0.15, -0.1) is 0 Å². The molecule has 0 radical (unpaired) electrons. The highest BCUT2D eigenvalue weighted by atomic mass is 32.2. The molecule has 0 spiro atoms. The Balaban J connectivity index is 1.27. The van der Waals surface area contributed by atoms with Crippen molar-refractivity contribution < 1.29 is 27.5 Å². The van der Waals surface area contributed by atoms with Gasteiger partial charge in [-0.2, -0.15) is 4.31 Å². The lowest BCUT2D eigenvalue weighted by molar-refractivity contribution is -0.138. The molecule has 12 heteroatoms. The molecule has 3 atom stereocenters. The van der Waals surface area contributed by atoms with Crippen molar-refractivity contribution in [3.05, 3.63) is 66.5 Å². The van der Waals surface area contributed by atoms with E-state index in [0.29, 0.717) is 30.5 Å². The van der Waals surface area contributed by atoms with Crippen LogP contribution in [0.2, 0.25) is 0 Å². The number of benzene rings is 1. The van der Waals surface area contributed by atoms with E-state index in [9.17, 15) is 22.8 Å². The van der Waals surface area contributed by atoms with Gasteiger partial charge in [-0.25, -0.2) is 18.2 Å². The SMILES string of the molecule is CCCC(NC(=O)Oc1ccc2ccccc2n1)C(=O)N1CCC2C1C(=O)CN2S(=O)(=O)Cc1ccccn1. The Bertz CT molecular complexity index is 1500. The topological polar surface area (TPSA) is 139 Å². The first kappa shape index (κ1) is 26.7. The van der Waals surface area contributed by atoms with Crippen LogP contribution in [-0.4, -0.2) is 76.6 Å². The summed E-state index contributed by atoms with van der Waals surface area (Å²) in [6, 6.07) is 13.3. The molecular formula is C27H29N5O6S. The van der Waals surface area contributed by atoms with Crippen LogP contribution in [0.3, 0.4) is 0 Å². The quantitative estimate of drug-likeness (QED) is 0.450. The molecule has 0 aliphatic carbocycles. The Hall–Kier alpha value is -3.90. The maximum atomic E-state index is 13.5. The molecule has 11 nitrogen and oxygen atoms in total. The molecule has 3 aromatic rings. The minimum atomic E-state index is -3.83. The fraction of sp³-hybridized carbons (Fsp3) is 0.370. The second-order valence-corrected chi connectivity index (χ2v) is 11.6. The summed E-state index contributed by atoms with van der Waals surface area (Å²) in [7, 11) is -3.83. The van der Waals surface area contributed by atoms with Gasteiger partial charge < -0.3 is 15.0 Å². The smallest absolute Gasteiger partial charge is 0.391 e. The molecular weight excluding hydrogens is 522 g/mol. The molecule has 39 heavy (non-hydrogen) atoms. The van der Waals surface area contributed by atoms with Crippen molar-refractivity contribution in [3.63, 3.8) is 0 Å². The van der Waals surface area contributed by atoms with E-state index in [4.69, 9.17) is 4.74 Å². The number of nitrogens with one attached hydrogen (secondary N) is 1. The third kappa shape index (κ3) is 5.62. The Morgan fingerprint density at radius 1 is 1.13 bits per heavy atom. The molecule has 3 unspecified atom stereocenters. The van der Waals surface area contributed by atoms with E-state index in [2.05, 4.69) is 15.3 Å². The third-order valence-corrected chi connectivity index (χ3v) is 8.79. The number of Topliss-reactive ketones (excluding diaryl/α,β-unsaturated/α-hetero) is 1. The van der Waals surface area contributed by atoms with Gasteiger partial charge in [0.2, 0.25) is 21.8 Å². The first-order valence-electron chi connectivity index (χ1n) is 12.8. The predicted molar refractivity (Wildman–Crippen MR) is 142 cm³/mol. The van der Waals surface area contributed by atoms with Crippen LogP contribution in [0.15, 0.2) is 60.8 Å². The molecule has 2 saturated heterocycles. The Kier molecular flexibility index (Phi) is 7.58. The summed E-state index contributed by atoms with van der Waals surface area (Å²) in [5.41, 5.74) is 1.04. The van der Waals surface area contributed by atoms with E-state index in [1.807, 2.05) is 25.1 Å². The molecule has 204 valence electrons. The molecule has 4 heterocycles. The third-order valence-electron chi connectivity index (χ3n) is 7.01. The van der Waals surface area contributed by atoms with Crippen LogP contribution in [-0.2, 0) is 25.4 Å². The summed E-state index contributed by atoms with van der Waals surface area (Å²) in [6.07, 6.45) is 1.92. The first-order valence-corrected chi connectivity index (χ1v) is 14.4. The molecule has 0 saturated carbocycles. The van der Waals surface area contributed by atoms with Crippen molar-refractivity contribution in [2.75, 3.05) is 13.1 Å². The van der Waals surface area contributed by atoms with E-state index in [1.165, 1.54) is 15.4 Å². The van der Waals surface area contributed by atoms with Gasteiger partial charge in [0.05, 0.1) is 23.8 Å². The van der Waals surface area contributed by atoms with Gasteiger partial charge in [-0.05, 0) is 37.1 Å². The van der Waals surface area contributed by atoms with Crippen LogP contribution in [0.5, 0.6) is 5.88 Å². The van der Waals surface area contributed by atoms with Crippen LogP contribution in [0, 0.1) is 0 Å². The highest BCUT2D eigenvalue weighted by Gasteiger charge is 2.54. The number of hydrogen-bond donors (Lipinski definition) is 1. The number of ether oxygens (including phenoxy) is 1. The monoisotopic (exact) mass is 551 g/mol. The van der Waals surface area contributed by atoms with Crippen molar-refractivity contribution in [2.24, 2.45) is 0 Å². The molecule has 2 amide bonds. The lowest BCUT2D eigenvalue weighted by Crippen LogP contribution is -2.53. The van der Waals surface area contributed by atoms with Crippen LogP contribution >= 0.6 is 0 Å². The first-order chi connectivity index (χ1) is 18.8. The van der Waals surface area contributed by atoms with E-state index < -0.39 is 40.1 Å². The zero-order chi connectivity index (χ0) is 27.6. The second-order valence-electron chi connectivity index (χ2n) is 9.64. The Labute approximate surface area is 226 Å². The lowest BCUT2D eigenvalue weighted by atomic mass is 10.1. The van der Waals surface area contributed by atoms with Crippen molar-refractivity contribution in [1.82, 2.24) is 24.5 Å². The largest absolute Gasteiger partial charge is 0.414 e. The average Bonchev–Trinajstić information content (AvgIpc) is 3.50. The molecule has 2 aliphatic heterocycles. The van der Waals surface area contributed by atoms with Gasteiger partial charge in [-0.3, -0.25) is 14.6 Å². The van der Waals surface area contributed by atoms with Crippen LogP contribution < -0.4 is 10.1 Å². The summed E-state index contributed by atoms with van der Waals surface area (Å²) in [5, 5.41) is 3.51. The molecule has 1 N–H and O–H groups in total. The number of fused-ring (bicyclic) bond motifs is 2. The van der Waals surface area contributed by atoms with Gasteiger partial charge in [0.1, 0.15) is 17.8 Å². The van der Waals surface area contributed by atoms with Gasteiger partial charge in [0.25, 0.3) is 0 Å². The number of sulfonamides is 1. The molecule has 0 bridgehead atoms. The van der Waals surface area contributed by atoms with Crippen LogP contribution in [0.1, 0.15) is 31.9 Å². The van der Waals surface area contributed by atoms with Gasteiger partial charge in [-0.1, -0.05) is 37.6 Å². The normalized spacial score (nSPS) is 20.1. The second kappa shape index (κ2) is 11.1. The van der Waals surface area contributed by atoms with Crippen molar-refractivity contribution in [1.29, 1.82) is 0 Å². The summed E-state index contributed by atoms with van der Waals surface area (Å²) in [4.78, 5) is 49.0. The Morgan fingerprint density at radius 3 is 2.69 bits per heavy atom. The minimum Gasteiger partial charge on any atom is -0.391 e. The number of rotatable bonds is 8. The number of para-hydroxylation sites is 1. The molecule has 2 aliphatic rings. The van der Waals surface area contributed by atoms with Crippen molar-refractivity contribution in [3.8, 4) is 5.88 Å². The Morgan fingerprint density at radius 2 is 1.92 bits per heavy atom. The highest BCUT2D eigenvalue weighted by molar-refractivity contribution is 7.88.